The Labute approximate surface area is 191 Å². The summed E-state index contributed by atoms with van der Waals surface area (Å²) >= 11 is 0. The molecule has 2 fully saturated rings. The molecule has 9 nitrogen and oxygen atoms in total. The van der Waals surface area contributed by atoms with Crippen molar-refractivity contribution in [3.63, 3.8) is 0 Å². The highest BCUT2D eigenvalue weighted by Gasteiger charge is 2.30. The number of nitrogens with zero attached hydrogens (tertiary/aromatic N) is 5. The number of nitrogens with one attached hydrogen (secondary N) is 2. The molecule has 1 aliphatic carbocycles. The molecule has 1 aliphatic heterocycles. The van der Waals surface area contributed by atoms with Crippen LogP contribution in [0, 0.1) is 17.2 Å². The molecule has 0 atom stereocenters. The molecule has 1 saturated heterocycles. The van der Waals surface area contributed by atoms with Crippen LogP contribution in [-0.4, -0.2) is 47.2 Å². The topological polar surface area (TPSA) is 116 Å². The zero-order valence-corrected chi connectivity index (χ0v) is 18.2. The molecule has 33 heavy (non-hydrogen) atoms. The second-order valence-corrected chi connectivity index (χ2v) is 8.19. The number of hydrogen-bond acceptors (Lipinski definition) is 8. The van der Waals surface area contributed by atoms with Gasteiger partial charge in [-0.2, -0.15) is 5.26 Å². The fraction of sp³-hybridized carbons (Fsp3) is 0.292. The predicted octanol–water partition coefficient (Wildman–Crippen LogP) is 3.34. The molecule has 3 aromatic rings. The number of pyridine rings is 1. The van der Waals surface area contributed by atoms with E-state index in [0.29, 0.717) is 22.9 Å². The molecule has 1 amide bonds. The first kappa shape index (κ1) is 20.8. The smallest absolute Gasteiger partial charge is 0.227 e. The number of rotatable bonds is 7. The molecule has 5 rings (SSSR count). The summed E-state index contributed by atoms with van der Waals surface area (Å²) in [6.45, 7) is 1.63. The van der Waals surface area contributed by atoms with Crippen molar-refractivity contribution in [3.05, 3.63) is 54.4 Å². The molecule has 0 unspecified atom stereocenters. The lowest BCUT2D eigenvalue weighted by Crippen LogP contribution is -2.52. The van der Waals surface area contributed by atoms with Crippen molar-refractivity contribution in [3.8, 4) is 17.3 Å². The summed E-state index contributed by atoms with van der Waals surface area (Å²) in [5, 5.41) is 15.6. The van der Waals surface area contributed by atoms with Gasteiger partial charge in [-0.3, -0.25) is 4.79 Å². The minimum Gasteiger partial charge on any atom is -0.378 e. The maximum absolute atomic E-state index is 12.1. The van der Waals surface area contributed by atoms with E-state index in [-0.39, 0.29) is 17.9 Å². The van der Waals surface area contributed by atoms with E-state index in [2.05, 4.69) is 36.6 Å². The van der Waals surface area contributed by atoms with Crippen molar-refractivity contribution in [1.82, 2.24) is 15.0 Å². The summed E-state index contributed by atoms with van der Waals surface area (Å²) in [4.78, 5) is 27.6. The van der Waals surface area contributed by atoms with Crippen LogP contribution in [0.25, 0.3) is 11.3 Å². The second kappa shape index (κ2) is 8.84. The Morgan fingerprint density at radius 3 is 2.73 bits per heavy atom. The van der Waals surface area contributed by atoms with Crippen LogP contribution >= 0.6 is 0 Å². The third kappa shape index (κ3) is 4.61. The van der Waals surface area contributed by atoms with E-state index >= 15 is 0 Å². The van der Waals surface area contributed by atoms with Gasteiger partial charge in [-0.05, 0) is 37.1 Å². The fourth-order valence-electron chi connectivity index (χ4n) is 3.64. The number of anilines is 4. The number of amides is 1. The summed E-state index contributed by atoms with van der Waals surface area (Å²) in [6, 6.07) is 13.1. The third-order valence-corrected chi connectivity index (χ3v) is 5.80. The first-order valence-electron chi connectivity index (χ1n) is 10.8. The standard InChI is InChI=1S/C24H23N7O2/c1-33-19-13-31(14-19)22-11-18(6-8-26-22)28-24-27-9-7-21(30-24)16-4-5-20(17(10-16)12-25)29-23(32)15-2-3-15/h4-11,15,19H,2-3,13-14H2,1H3,(H,29,32)(H,26,27,28,30). The Bertz CT molecular complexity index is 1230. The molecule has 2 aliphatic rings. The average molecular weight is 441 g/mol. The zero-order chi connectivity index (χ0) is 22.8. The number of methoxy groups -OCH3 is 1. The zero-order valence-electron chi connectivity index (χ0n) is 18.2. The molecule has 9 heteroatoms. The molecule has 1 aromatic carbocycles. The van der Waals surface area contributed by atoms with Crippen LogP contribution < -0.4 is 15.5 Å². The number of nitriles is 1. The summed E-state index contributed by atoms with van der Waals surface area (Å²) in [5.74, 6) is 1.35. The molecule has 0 spiro atoms. The van der Waals surface area contributed by atoms with Crippen LogP contribution in [0.1, 0.15) is 18.4 Å². The number of carbonyl (C=O) groups excluding carboxylic acids is 1. The van der Waals surface area contributed by atoms with Crippen molar-refractivity contribution in [1.29, 1.82) is 5.26 Å². The Hall–Kier alpha value is -4.03. The van der Waals surface area contributed by atoms with Crippen LogP contribution in [0.5, 0.6) is 0 Å². The largest absolute Gasteiger partial charge is 0.378 e. The molecule has 2 aromatic heterocycles. The quantitative estimate of drug-likeness (QED) is 0.574. The minimum atomic E-state index is -0.0274. The first-order chi connectivity index (χ1) is 16.1. The van der Waals surface area contributed by atoms with Crippen LogP contribution in [0.2, 0.25) is 0 Å². The van der Waals surface area contributed by atoms with E-state index in [4.69, 9.17) is 4.74 Å². The minimum absolute atomic E-state index is 0.0274. The van der Waals surface area contributed by atoms with E-state index in [1.165, 1.54) is 0 Å². The fourth-order valence-corrected chi connectivity index (χ4v) is 3.64. The van der Waals surface area contributed by atoms with Gasteiger partial charge in [0, 0.05) is 55.8 Å². The Balaban J connectivity index is 1.32. The van der Waals surface area contributed by atoms with Gasteiger partial charge in [0.1, 0.15) is 11.9 Å². The summed E-state index contributed by atoms with van der Waals surface area (Å²) in [5.41, 5.74) is 3.19. The van der Waals surface area contributed by atoms with Gasteiger partial charge in [-0.25, -0.2) is 15.0 Å². The Morgan fingerprint density at radius 1 is 1.15 bits per heavy atom. The van der Waals surface area contributed by atoms with Crippen molar-refractivity contribution < 1.29 is 9.53 Å². The lowest BCUT2D eigenvalue weighted by atomic mass is 10.1. The summed E-state index contributed by atoms with van der Waals surface area (Å²) < 4.78 is 5.33. The van der Waals surface area contributed by atoms with Gasteiger partial charge >= 0.3 is 0 Å². The van der Waals surface area contributed by atoms with Gasteiger partial charge in [0.05, 0.1) is 23.0 Å². The van der Waals surface area contributed by atoms with Gasteiger partial charge in [0.15, 0.2) is 0 Å². The van der Waals surface area contributed by atoms with Gasteiger partial charge in [0.25, 0.3) is 0 Å². The molecule has 166 valence electrons. The van der Waals surface area contributed by atoms with E-state index in [1.54, 1.807) is 37.7 Å². The summed E-state index contributed by atoms with van der Waals surface area (Å²) in [6.07, 6.45) is 5.48. The lowest BCUT2D eigenvalue weighted by molar-refractivity contribution is -0.117. The molecule has 2 N–H and O–H groups in total. The number of carbonyl (C=O) groups is 1. The lowest BCUT2D eigenvalue weighted by Gasteiger charge is -2.39. The monoisotopic (exact) mass is 441 g/mol. The Kier molecular flexibility index (Phi) is 5.59. The average Bonchev–Trinajstić information content (AvgIpc) is 3.65. The normalized spacial score (nSPS) is 15.5. The molecular formula is C24H23N7O2. The van der Waals surface area contributed by atoms with Crippen molar-refractivity contribution in [2.24, 2.45) is 5.92 Å². The van der Waals surface area contributed by atoms with E-state index in [1.807, 2.05) is 18.2 Å². The van der Waals surface area contributed by atoms with Gasteiger partial charge in [-0.15, -0.1) is 0 Å². The van der Waals surface area contributed by atoms with Crippen molar-refractivity contribution in [2.45, 2.75) is 18.9 Å². The van der Waals surface area contributed by atoms with Gasteiger partial charge < -0.3 is 20.3 Å². The SMILES string of the molecule is COC1CN(c2cc(Nc3nccc(-c4ccc(NC(=O)C5CC5)c(C#N)c4)n3)ccn2)C1. The van der Waals surface area contributed by atoms with Crippen molar-refractivity contribution >= 4 is 29.0 Å². The molecular weight excluding hydrogens is 418 g/mol. The molecule has 0 bridgehead atoms. The second-order valence-electron chi connectivity index (χ2n) is 8.19. The highest BCUT2D eigenvalue weighted by Crippen LogP contribution is 2.31. The number of ether oxygens (including phenoxy) is 1. The molecule has 1 saturated carbocycles. The van der Waals surface area contributed by atoms with Crippen LogP contribution in [0.3, 0.4) is 0 Å². The van der Waals surface area contributed by atoms with Crippen LogP contribution in [0.15, 0.2) is 48.8 Å². The first-order valence-corrected chi connectivity index (χ1v) is 10.8. The third-order valence-electron chi connectivity index (χ3n) is 5.80. The highest BCUT2D eigenvalue weighted by atomic mass is 16.5. The maximum Gasteiger partial charge on any atom is 0.227 e. The van der Waals surface area contributed by atoms with Crippen LogP contribution in [-0.2, 0) is 9.53 Å². The number of aromatic nitrogens is 3. The van der Waals surface area contributed by atoms with E-state index in [0.717, 1.165) is 43.0 Å². The maximum atomic E-state index is 12.1. The van der Waals surface area contributed by atoms with Gasteiger partial charge in [0.2, 0.25) is 11.9 Å². The Morgan fingerprint density at radius 2 is 1.97 bits per heavy atom. The molecule has 3 heterocycles. The molecule has 0 radical (unpaired) electrons. The highest BCUT2D eigenvalue weighted by molar-refractivity contribution is 5.95. The van der Waals surface area contributed by atoms with Gasteiger partial charge in [-0.1, -0.05) is 6.07 Å². The number of benzene rings is 1. The van der Waals surface area contributed by atoms with Crippen LogP contribution in [0.4, 0.5) is 23.1 Å². The van der Waals surface area contributed by atoms with E-state index in [9.17, 15) is 10.1 Å². The van der Waals surface area contributed by atoms with E-state index < -0.39 is 0 Å². The predicted molar refractivity (Wildman–Crippen MR) is 124 cm³/mol. The number of hydrogen-bond donors (Lipinski definition) is 2. The summed E-state index contributed by atoms with van der Waals surface area (Å²) in [7, 11) is 1.72. The van der Waals surface area contributed by atoms with Crippen molar-refractivity contribution in [2.75, 3.05) is 35.7 Å².